The van der Waals surface area contributed by atoms with Gasteiger partial charge in [-0.2, -0.15) is 0 Å². The van der Waals surface area contributed by atoms with Gasteiger partial charge in [0.25, 0.3) is 0 Å². The van der Waals surface area contributed by atoms with E-state index in [1.165, 1.54) is 11.8 Å². The highest BCUT2D eigenvalue weighted by molar-refractivity contribution is 7.99. The summed E-state index contributed by atoms with van der Waals surface area (Å²) in [6, 6.07) is 19.0. The summed E-state index contributed by atoms with van der Waals surface area (Å²) in [6.07, 6.45) is 0. The molecule has 0 radical (unpaired) electrons. The molecule has 0 spiro atoms. The lowest BCUT2D eigenvalue weighted by Crippen LogP contribution is -2.14. The molecule has 0 atom stereocenters. The summed E-state index contributed by atoms with van der Waals surface area (Å²) >= 11 is 7.23. The van der Waals surface area contributed by atoms with Gasteiger partial charge in [0.05, 0.1) is 5.75 Å². The topological polar surface area (TPSA) is 66.9 Å². The number of aryl methyl sites for hydroxylation is 1. The molecule has 3 aromatic rings. The normalized spacial score (nSPS) is 10.4. The largest absolute Gasteiger partial charge is 0.365 e. The highest BCUT2D eigenvalue weighted by atomic mass is 35.5. The molecule has 0 fully saturated rings. The van der Waals surface area contributed by atoms with Crippen molar-refractivity contribution in [3.05, 3.63) is 76.8 Å². The van der Waals surface area contributed by atoms with Crippen LogP contribution in [0.3, 0.4) is 0 Å². The highest BCUT2D eigenvalue weighted by Crippen LogP contribution is 2.17. The molecule has 3 rings (SSSR count). The van der Waals surface area contributed by atoms with E-state index in [2.05, 4.69) is 20.8 Å². The van der Waals surface area contributed by atoms with Crippen LogP contribution in [-0.2, 0) is 11.3 Å². The van der Waals surface area contributed by atoms with E-state index in [4.69, 9.17) is 11.6 Å². The molecular weight excluding hydrogens is 380 g/mol. The smallest absolute Gasteiger partial charge is 0.234 e. The Morgan fingerprint density at radius 2 is 1.89 bits per heavy atom. The summed E-state index contributed by atoms with van der Waals surface area (Å²) < 4.78 is 0. The lowest BCUT2D eigenvalue weighted by Gasteiger charge is -2.07. The Hall–Kier alpha value is -2.57. The van der Waals surface area contributed by atoms with Crippen LogP contribution in [0.4, 0.5) is 11.5 Å². The zero-order valence-electron chi connectivity index (χ0n) is 14.8. The Morgan fingerprint density at radius 1 is 1.07 bits per heavy atom. The number of thioether (sulfide) groups is 1. The zero-order valence-corrected chi connectivity index (χ0v) is 16.3. The minimum absolute atomic E-state index is 0.0719. The van der Waals surface area contributed by atoms with E-state index in [0.29, 0.717) is 22.4 Å². The van der Waals surface area contributed by atoms with E-state index in [1.807, 2.05) is 67.6 Å². The number of hydrogen-bond acceptors (Lipinski definition) is 5. The molecule has 5 nitrogen and oxygen atoms in total. The summed E-state index contributed by atoms with van der Waals surface area (Å²) in [7, 11) is 0. The van der Waals surface area contributed by atoms with Crippen LogP contribution in [-0.4, -0.2) is 21.9 Å². The zero-order chi connectivity index (χ0) is 19.1. The van der Waals surface area contributed by atoms with Crippen molar-refractivity contribution in [3.8, 4) is 0 Å². The molecule has 0 aliphatic rings. The van der Waals surface area contributed by atoms with Gasteiger partial charge in [-0.25, -0.2) is 0 Å². The number of carbonyl (C=O) groups excluding carboxylic acids is 1. The van der Waals surface area contributed by atoms with Gasteiger partial charge in [-0.05, 0) is 54.4 Å². The fourth-order valence-corrected chi connectivity index (χ4v) is 3.09. The number of halogens is 1. The first kappa shape index (κ1) is 19.2. The van der Waals surface area contributed by atoms with Crippen molar-refractivity contribution in [1.29, 1.82) is 0 Å². The van der Waals surface area contributed by atoms with Crippen molar-refractivity contribution >= 4 is 40.8 Å². The molecule has 0 saturated carbocycles. The maximum absolute atomic E-state index is 12.0. The van der Waals surface area contributed by atoms with Gasteiger partial charge in [0, 0.05) is 17.3 Å². The number of amides is 1. The molecule has 2 aromatic carbocycles. The highest BCUT2D eigenvalue weighted by Gasteiger charge is 2.06. The third-order valence-corrected chi connectivity index (χ3v) is 4.85. The molecule has 1 aromatic heterocycles. The van der Waals surface area contributed by atoms with Crippen molar-refractivity contribution in [3.63, 3.8) is 0 Å². The Labute approximate surface area is 167 Å². The maximum Gasteiger partial charge on any atom is 0.234 e. The van der Waals surface area contributed by atoms with Gasteiger partial charge in [0.15, 0.2) is 0 Å². The van der Waals surface area contributed by atoms with E-state index in [1.54, 1.807) is 0 Å². The summed E-state index contributed by atoms with van der Waals surface area (Å²) in [4.78, 5) is 12.0. The fourth-order valence-electron chi connectivity index (χ4n) is 2.35. The quantitative estimate of drug-likeness (QED) is 0.560. The van der Waals surface area contributed by atoms with Gasteiger partial charge >= 0.3 is 0 Å². The summed E-state index contributed by atoms with van der Waals surface area (Å²) in [5.41, 5.74) is 3.01. The average Bonchev–Trinajstić information content (AvgIpc) is 2.67. The number of aromatic nitrogens is 2. The second-order valence-electron chi connectivity index (χ2n) is 5.94. The van der Waals surface area contributed by atoms with Crippen LogP contribution >= 0.6 is 23.4 Å². The van der Waals surface area contributed by atoms with Crippen LogP contribution in [0.5, 0.6) is 0 Å². The van der Waals surface area contributed by atoms with Crippen LogP contribution in [0, 0.1) is 6.92 Å². The number of benzene rings is 2. The molecule has 0 aliphatic heterocycles. The number of anilines is 2. The summed E-state index contributed by atoms with van der Waals surface area (Å²) in [5.74, 6) is 0.885. The van der Waals surface area contributed by atoms with Gasteiger partial charge in [0.2, 0.25) is 5.91 Å². The van der Waals surface area contributed by atoms with Crippen LogP contribution < -0.4 is 10.6 Å². The number of nitrogens with one attached hydrogen (secondary N) is 2. The second-order valence-corrected chi connectivity index (χ2v) is 7.38. The molecular formula is C20H19ClN4OS. The van der Waals surface area contributed by atoms with Crippen molar-refractivity contribution < 1.29 is 4.79 Å². The van der Waals surface area contributed by atoms with Crippen molar-refractivity contribution in [2.24, 2.45) is 0 Å². The number of carbonyl (C=O) groups is 1. The van der Waals surface area contributed by atoms with Crippen LogP contribution in [0.2, 0.25) is 5.02 Å². The molecule has 1 amide bonds. The van der Waals surface area contributed by atoms with E-state index in [-0.39, 0.29) is 11.7 Å². The van der Waals surface area contributed by atoms with Crippen LogP contribution in [0.1, 0.15) is 11.1 Å². The molecule has 1 heterocycles. The molecule has 138 valence electrons. The Kier molecular flexibility index (Phi) is 6.68. The van der Waals surface area contributed by atoms with Gasteiger partial charge in [0.1, 0.15) is 10.8 Å². The SMILES string of the molecule is Cc1cccc(NC(=O)CSc2ccc(NCc3ccc(Cl)cc3)nn2)c1. The van der Waals surface area contributed by atoms with Gasteiger partial charge in [-0.1, -0.05) is 47.6 Å². The minimum Gasteiger partial charge on any atom is -0.365 e. The van der Waals surface area contributed by atoms with E-state index >= 15 is 0 Å². The standard InChI is InChI=1S/C20H19ClN4OS/c1-14-3-2-4-17(11-14)23-19(26)13-27-20-10-9-18(24-25-20)22-12-15-5-7-16(21)8-6-15/h2-11H,12-13H2,1H3,(H,22,24)(H,23,26). The second kappa shape index (κ2) is 9.39. The molecule has 0 aliphatic carbocycles. The van der Waals surface area contributed by atoms with E-state index in [9.17, 15) is 4.79 Å². The van der Waals surface area contributed by atoms with Gasteiger partial charge in [-0.3, -0.25) is 4.79 Å². The van der Waals surface area contributed by atoms with Crippen molar-refractivity contribution in [2.75, 3.05) is 16.4 Å². The summed E-state index contributed by atoms with van der Waals surface area (Å²) in [5, 5.41) is 15.8. The first-order chi connectivity index (χ1) is 13.1. The van der Waals surface area contributed by atoms with Crippen molar-refractivity contribution in [1.82, 2.24) is 10.2 Å². The Morgan fingerprint density at radius 3 is 2.59 bits per heavy atom. The van der Waals surface area contributed by atoms with Gasteiger partial charge < -0.3 is 10.6 Å². The lowest BCUT2D eigenvalue weighted by atomic mass is 10.2. The molecule has 0 bridgehead atoms. The molecule has 7 heteroatoms. The minimum atomic E-state index is -0.0719. The first-order valence-corrected chi connectivity index (χ1v) is 9.76. The third kappa shape index (κ3) is 6.27. The van der Waals surface area contributed by atoms with Crippen molar-refractivity contribution in [2.45, 2.75) is 18.5 Å². The monoisotopic (exact) mass is 398 g/mol. The molecule has 27 heavy (non-hydrogen) atoms. The molecule has 2 N–H and O–H groups in total. The van der Waals surface area contributed by atoms with Gasteiger partial charge in [-0.15, -0.1) is 10.2 Å². The Balaban J connectivity index is 1.45. The van der Waals surface area contributed by atoms with Crippen LogP contribution in [0.15, 0.2) is 65.7 Å². The average molecular weight is 399 g/mol. The predicted octanol–water partition coefficient (Wildman–Crippen LogP) is 4.78. The number of hydrogen-bond donors (Lipinski definition) is 2. The third-order valence-electron chi connectivity index (χ3n) is 3.68. The number of nitrogens with zero attached hydrogens (tertiary/aromatic N) is 2. The maximum atomic E-state index is 12.0. The molecule has 0 unspecified atom stereocenters. The lowest BCUT2D eigenvalue weighted by molar-refractivity contribution is -0.113. The summed E-state index contributed by atoms with van der Waals surface area (Å²) in [6.45, 7) is 2.62. The fraction of sp³-hybridized carbons (Fsp3) is 0.150. The number of rotatable bonds is 7. The first-order valence-electron chi connectivity index (χ1n) is 8.40. The molecule has 0 saturated heterocycles. The van der Waals surface area contributed by atoms with E-state index in [0.717, 1.165) is 16.8 Å². The Bertz CT molecular complexity index is 901. The van der Waals surface area contributed by atoms with Crippen LogP contribution in [0.25, 0.3) is 0 Å². The predicted molar refractivity (Wildman–Crippen MR) is 111 cm³/mol. The van der Waals surface area contributed by atoms with E-state index < -0.39 is 0 Å².